The van der Waals surface area contributed by atoms with Gasteiger partial charge in [0.25, 0.3) is 0 Å². The average Bonchev–Trinajstić information content (AvgIpc) is 2.24. The van der Waals surface area contributed by atoms with Gasteiger partial charge in [0, 0.05) is 6.61 Å². The summed E-state index contributed by atoms with van der Waals surface area (Å²) in [4.78, 5) is 0.605. The van der Waals surface area contributed by atoms with Gasteiger partial charge >= 0.3 is 0 Å². The molecule has 1 rings (SSSR count). The van der Waals surface area contributed by atoms with E-state index in [9.17, 15) is 0 Å². The van der Waals surface area contributed by atoms with Crippen LogP contribution in [-0.4, -0.2) is 17.7 Å². The van der Waals surface area contributed by atoms with E-state index in [1.54, 1.807) is 0 Å². The molecule has 0 radical (unpaired) electrons. The van der Waals surface area contributed by atoms with Crippen LogP contribution in [-0.2, 0) is 4.74 Å². The van der Waals surface area contributed by atoms with Crippen LogP contribution in [0.2, 0.25) is 0 Å². The van der Waals surface area contributed by atoms with Gasteiger partial charge in [-0.25, -0.2) is 0 Å². The summed E-state index contributed by atoms with van der Waals surface area (Å²) < 4.78 is 5.85. The Hall–Kier alpha value is -0.150. The van der Waals surface area contributed by atoms with Gasteiger partial charge in [0.1, 0.15) is 0 Å². The van der Waals surface area contributed by atoms with Crippen molar-refractivity contribution in [1.82, 2.24) is 0 Å². The Bertz CT molecular complexity index is 196. The molecule has 0 aliphatic heterocycles. The maximum atomic E-state index is 5.85. The third-order valence-electron chi connectivity index (χ3n) is 3.23. The van der Waals surface area contributed by atoms with Crippen molar-refractivity contribution in [3.63, 3.8) is 0 Å². The van der Waals surface area contributed by atoms with Crippen molar-refractivity contribution >= 4 is 17.2 Å². The third-order valence-corrected chi connectivity index (χ3v) is 3.44. The van der Waals surface area contributed by atoms with Gasteiger partial charge in [-0.1, -0.05) is 38.4 Å². The zero-order chi connectivity index (χ0) is 11.1. The van der Waals surface area contributed by atoms with Crippen molar-refractivity contribution < 1.29 is 4.74 Å². The first-order valence-corrected chi connectivity index (χ1v) is 6.53. The molecule has 1 aliphatic rings. The van der Waals surface area contributed by atoms with E-state index in [-0.39, 0.29) is 0 Å². The molecule has 1 fully saturated rings. The molecule has 0 amide bonds. The summed E-state index contributed by atoms with van der Waals surface area (Å²) in [6.45, 7) is 3.10. The minimum Gasteiger partial charge on any atom is -0.393 e. The summed E-state index contributed by atoms with van der Waals surface area (Å²) in [6.07, 6.45) is 8.80. The summed E-state index contributed by atoms with van der Waals surface area (Å²) in [5.41, 5.74) is 5.43. The van der Waals surface area contributed by atoms with E-state index in [0.29, 0.717) is 11.1 Å². The highest BCUT2D eigenvalue weighted by Crippen LogP contribution is 2.28. The predicted octanol–water partition coefficient (Wildman–Crippen LogP) is 3.04. The summed E-state index contributed by atoms with van der Waals surface area (Å²) >= 11 is 4.83. The first-order valence-electron chi connectivity index (χ1n) is 6.12. The highest BCUT2D eigenvalue weighted by atomic mass is 32.1. The fraction of sp³-hybridized carbons (Fsp3) is 0.917. The Kier molecular flexibility index (Phi) is 6.18. The predicted molar refractivity (Wildman–Crippen MR) is 68.0 cm³/mol. The third kappa shape index (κ3) is 5.47. The van der Waals surface area contributed by atoms with E-state index in [2.05, 4.69) is 6.92 Å². The van der Waals surface area contributed by atoms with Crippen LogP contribution in [0.4, 0.5) is 0 Å². The molecule has 1 saturated carbocycles. The van der Waals surface area contributed by atoms with Gasteiger partial charge in [-0.15, -0.1) is 0 Å². The lowest BCUT2D eigenvalue weighted by molar-refractivity contribution is 0.0120. The molecule has 0 aromatic carbocycles. The zero-order valence-corrected chi connectivity index (χ0v) is 10.5. The Morgan fingerprint density at radius 2 is 2.27 bits per heavy atom. The van der Waals surface area contributed by atoms with Crippen molar-refractivity contribution in [2.75, 3.05) is 6.61 Å². The molecule has 0 aromatic rings. The maximum absolute atomic E-state index is 5.85. The number of hydrogen-bond acceptors (Lipinski definition) is 2. The monoisotopic (exact) mass is 229 g/mol. The molecule has 1 aliphatic carbocycles. The van der Waals surface area contributed by atoms with E-state index >= 15 is 0 Å². The van der Waals surface area contributed by atoms with Crippen LogP contribution in [0.25, 0.3) is 0 Å². The van der Waals surface area contributed by atoms with Crippen molar-refractivity contribution in [2.24, 2.45) is 11.7 Å². The molecule has 2 nitrogen and oxygen atoms in total. The van der Waals surface area contributed by atoms with Gasteiger partial charge in [-0.3, -0.25) is 0 Å². The molecular formula is C12H23NOS. The number of hydrogen-bond donors (Lipinski definition) is 1. The van der Waals surface area contributed by atoms with E-state index in [0.717, 1.165) is 25.4 Å². The molecule has 2 N–H and O–H groups in total. The highest BCUT2D eigenvalue weighted by Gasteiger charge is 2.20. The second-order valence-electron chi connectivity index (χ2n) is 4.50. The fourth-order valence-corrected chi connectivity index (χ4v) is 2.40. The topological polar surface area (TPSA) is 35.2 Å². The van der Waals surface area contributed by atoms with Gasteiger partial charge in [0.15, 0.2) is 0 Å². The van der Waals surface area contributed by atoms with Crippen LogP contribution in [0.3, 0.4) is 0 Å². The lowest BCUT2D eigenvalue weighted by Gasteiger charge is -2.28. The standard InChI is InChI=1S/C12H23NOS/c1-2-10-5-3-6-11(9-10)14-8-4-7-12(13)15/h10-11H,2-9H2,1H3,(H2,13,15). The largest absolute Gasteiger partial charge is 0.393 e. The molecule has 0 heterocycles. The second kappa shape index (κ2) is 7.18. The number of nitrogens with two attached hydrogens (primary N) is 1. The Morgan fingerprint density at radius 1 is 1.47 bits per heavy atom. The number of ether oxygens (including phenoxy) is 1. The maximum Gasteiger partial charge on any atom is 0.0728 e. The highest BCUT2D eigenvalue weighted by molar-refractivity contribution is 7.80. The second-order valence-corrected chi connectivity index (χ2v) is 5.03. The van der Waals surface area contributed by atoms with Crippen molar-refractivity contribution in [3.8, 4) is 0 Å². The van der Waals surface area contributed by atoms with Gasteiger partial charge in [0.05, 0.1) is 11.1 Å². The molecule has 2 unspecified atom stereocenters. The van der Waals surface area contributed by atoms with Crippen molar-refractivity contribution in [1.29, 1.82) is 0 Å². The summed E-state index contributed by atoms with van der Waals surface area (Å²) in [5, 5.41) is 0. The summed E-state index contributed by atoms with van der Waals surface area (Å²) in [6, 6.07) is 0. The lowest BCUT2D eigenvalue weighted by atomic mass is 9.85. The summed E-state index contributed by atoms with van der Waals surface area (Å²) in [5.74, 6) is 0.888. The van der Waals surface area contributed by atoms with E-state index < -0.39 is 0 Å². The van der Waals surface area contributed by atoms with Crippen LogP contribution >= 0.6 is 12.2 Å². The molecular weight excluding hydrogens is 206 g/mol. The zero-order valence-electron chi connectivity index (χ0n) is 9.71. The van der Waals surface area contributed by atoms with Crippen LogP contribution in [0.15, 0.2) is 0 Å². The SMILES string of the molecule is CCC1CCCC(OCCCC(N)=S)C1. The number of thiocarbonyl (C=S) groups is 1. The lowest BCUT2D eigenvalue weighted by Crippen LogP contribution is -2.23. The van der Waals surface area contributed by atoms with Crippen LogP contribution in [0, 0.1) is 5.92 Å². The van der Waals surface area contributed by atoms with E-state index in [4.69, 9.17) is 22.7 Å². The van der Waals surface area contributed by atoms with Crippen LogP contribution in [0.1, 0.15) is 51.9 Å². The first kappa shape index (κ1) is 12.9. The molecule has 0 aromatic heterocycles. The van der Waals surface area contributed by atoms with Crippen LogP contribution < -0.4 is 5.73 Å². The fourth-order valence-electron chi connectivity index (χ4n) is 2.26. The molecule has 0 spiro atoms. The van der Waals surface area contributed by atoms with Gasteiger partial charge < -0.3 is 10.5 Å². The Balaban J connectivity index is 2.07. The minimum absolute atomic E-state index is 0.495. The molecule has 2 atom stereocenters. The summed E-state index contributed by atoms with van der Waals surface area (Å²) in [7, 11) is 0. The average molecular weight is 229 g/mol. The Morgan fingerprint density at radius 3 is 2.93 bits per heavy atom. The van der Waals surface area contributed by atoms with Crippen molar-refractivity contribution in [3.05, 3.63) is 0 Å². The van der Waals surface area contributed by atoms with Crippen LogP contribution in [0.5, 0.6) is 0 Å². The van der Waals surface area contributed by atoms with Gasteiger partial charge in [0.2, 0.25) is 0 Å². The molecule has 88 valence electrons. The molecule has 0 saturated heterocycles. The van der Waals surface area contributed by atoms with Crippen molar-refractivity contribution in [2.45, 2.75) is 58.0 Å². The molecule has 15 heavy (non-hydrogen) atoms. The smallest absolute Gasteiger partial charge is 0.0728 e. The van der Waals surface area contributed by atoms with Gasteiger partial charge in [-0.2, -0.15) is 0 Å². The Labute approximate surface area is 98.6 Å². The van der Waals surface area contributed by atoms with Gasteiger partial charge in [-0.05, 0) is 31.6 Å². The molecule has 3 heteroatoms. The molecule has 0 bridgehead atoms. The normalized spacial score (nSPS) is 26.5. The minimum atomic E-state index is 0.495. The quantitative estimate of drug-likeness (QED) is 0.561. The number of rotatable bonds is 6. The first-order chi connectivity index (χ1) is 7.22. The van der Waals surface area contributed by atoms with E-state index in [1.165, 1.54) is 32.1 Å². The van der Waals surface area contributed by atoms with E-state index in [1.807, 2.05) is 0 Å².